The molecule has 0 saturated carbocycles. The topological polar surface area (TPSA) is 26.0 Å². The summed E-state index contributed by atoms with van der Waals surface area (Å²) >= 11 is 0. The summed E-state index contributed by atoms with van der Waals surface area (Å²) in [6.45, 7) is 3.78. The van der Waals surface area contributed by atoms with Crippen LogP contribution >= 0.6 is 0 Å². The summed E-state index contributed by atoms with van der Waals surface area (Å²) in [5.41, 5.74) is 5.41. The van der Waals surface area contributed by atoms with Gasteiger partial charge in [0.15, 0.2) is 0 Å². The minimum absolute atomic E-state index is 0.0310. The van der Waals surface area contributed by atoms with Crippen LogP contribution in [0.4, 0.5) is 13.2 Å². The van der Waals surface area contributed by atoms with Gasteiger partial charge in [-0.05, 0) is 17.5 Å². The molecule has 0 aliphatic carbocycles. The molecule has 0 bridgehead atoms. The molecule has 2 unspecified atom stereocenters. The van der Waals surface area contributed by atoms with E-state index in [1.807, 2.05) is 13.8 Å². The van der Waals surface area contributed by atoms with Gasteiger partial charge in [0.2, 0.25) is 0 Å². The summed E-state index contributed by atoms with van der Waals surface area (Å²) in [6.07, 6.45) is -3.57. The van der Waals surface area contributed by atoms with Crippen LogP contribution in [0.2, 0.25) is 0 Å². The Kier molecular flexibility index (Phi) is 3.97. The Morgan fingerprint density at radius 2 is 1.81 bits per heavy atom. The number of rotatable bonds is 3. The molecule has 0 heterocycles. The van der Waals surface area contributed by atoms with E-state index in [-0.39, 0.29) is 11.5 Å². The Bertz CT molecular complexity index is 346. The number of benzene rings is 1. The van der Waals surface area contributed by atoms with Gasteiger partial charge >= 0.3 is 6.18 Å². The van der Waals surface area contributed by atoms with Crippen LogP contribution in [0.5, 0.6) is 0 Å². The number of hydrogen-bond acceptors (Lipinski definition) is 1. The van der Waals surface area contributed by atoms with Gasteiger partial charge in [0.05, 0.1) is 5.56 Å². The fraction of sp³-hybridized carbons (Fsp3) is 0.500. The molecule has 90 valence electrons. The van der Waals surface area contributed by atoms with Gasteiger partial charge in [0.1, 0.15) is 0 Å². The lowest BCUT2D eigenvalue weighted by Gasteiger charge is -2.22. The highest BCUT2D eigenvalue weighted by Crippen LogP contribution is 2.36. The van der Waals surface area contributed by atoms with Gasteiger partial charge in [-0.2, -0.15) is 13.2 Å². The highest BCUT2D eigenvalue weighted by Gasteiger charge is 2.34. The Morgan fingerprint density at radius 3 is 2.31 bits per heavy atom. The minimum atomic E-state index is -4.33. The molecule has 0 radical (unpaired) electrons. The molecule has 0 fully saturated rings. The molecule has 1 nitrogen and oxygen atoms in total. The number of hydrogen-bond donors (Lipinski definition) is 1. The standard InChI is InChI=1S/C12H16F3N/c1-3-8(2)11(16)9-6-4-5-7-10(9)12(13,14)15/h4-8,11H,3,16H2,1-2H3. The van der Waals surface area contributed by atoms with E-state index in [9.17, 15) is 13.2 Å². The van der Waals surface area contributed by atoms with Gasteiger partial charge in [0, 0.05) is 6.04 Å². The molecule has 1 rings (SSSR count). The normalized spacial score (nSPS) is 15.9. The molecule has 1 aromatic carbocycles. The first-order valence-electron chi connectivity index (χ1n) is 5.29. The molecular weight excluding hydrogens is 215 g/mol. The molecule has 1 aromatic rings. The summed E-state index contributed by atoms with van der Waals surface area (Å²) < 4.78 is 38.2. The van der Waals surface area contributed by atoms with Gasteiger partial charge in [-0.1, -0.05) is 38.5 Å². The largest absolute Gasteiger partial charge is 0.416 e. The number of alkyl halides is 3. The summed E-state index contributed by atoms with van der Waals surface area (Å²) in [6, 6.07) is 4.95. The van der Waals surface area contributed by atoms with E-state index in [1.165, 1.54) is 12.1 Å². The quantitative estimate of drug-likeness (QED) is 0.842. The van der Waals surface area contributed by atoms with E-state index in [2.05, 4.69) is 0 Å². The maximum absolute atomic E-state index is 12.7. The van der Waals surface area contributed by atoms with Crippen LogP contribution in [0, 0.1) is 5.92 Å². The molecule has 0 spiro atoms. The summed E-state index contributed by atoms with van der Waals surface area (Å²) in [5.74, 6) is 0.0310. The second kappa shape index (κ2) is 4.87. The SMILES string of the molecule is CCC(C)C(N)c1ccccc1C(F)(F)F. The fourth-order valence-corrected chi connectivity index (χ4v) is 1.61. The van der Waals surface area contributed by atoms with Crippen molar-refractivity contribution in [3.05, 3.63) is 35.4 Å². The van der Waals surface area contributed by atoms with Crippen molar-refractivity contribution in [3.8, 4) is 0 Å². The van der Waals surface area contributed by atoms with Crippen molar-refractivity contribution in [3.63, 3.8) is 0 Å². The molecule has 0 aromatic heterocycles. The van der Waals surface area contributed by atoms with Gasteiger partial charge in [0.25, 0.3) is 0 Å². The zero-order valence-corrected chi connectivity index (χ0v) is 9.38. The van der Waals surface area contributed by atoms with Crippen LogP contribution < -0.4 is 5.73 Å². The van der Waals surface area contributed by atoms with E-state index in [0.29, 0.717) is 0 Å². The first-order chi connectivity index (χ1) is 7.38. The predicted octanol–water partition coefficient (Wildman–Crippen LogP) is 3.75. The maximum atomic E-state index is 12.7. The summed E-state index contributed by atoms with van der Waals surface area (Å²) in [7, 11) is 0. The predicted molar refractivity (Wildman–Crippen MR) is 57.8 cm³/mol. The molecule has 2 N–H and O–H groups in total. The third-order valence-corrected chi connectivity index (χ3v) is 2.88. The van der Waals surface area contributed by atoms with Crippen molar-refractivity contribution in [2.24, 2.45) is 11.7 Å². The first kappa shape index (κ1) is 13.0. The lowest BCUT2D eigenvalue weighted by molar-refractivity contribution is -0.138. The van der Waals surface area contributed by atoms with Crippen LogP contribution in [-0.2, 0) is 6.18 Å². The van der Waals surface area contributed by atoms with E-state index in [0.717, 1.165) is 12.5 Å². The highest BCUT2D eigenvalue weighted by molar-refractivity contribution is 5.32. The lowest BCUT2D eigenvalue weighted by Crippen LogP contribution is -2.22. The number of halogens is 3. The zero-order chi connectivity index (χ0) is 12.3. The third kappa shape index (κ3) is 2.76. The lowest BCUT2D eigenvalue weighted by atomic mass is 9.90. The van der Waals surface area contributed by atoms with E-state index >= 15 is 0 Å². The summed E-state index contributed by atoms with van der Waals surface area (Å²) in [4.78, 5) is 0. The van der Waals surface area contributed by atoms with Crippen molar-refractivity contribution in [2.45, 2.75) is 32.5 Å². The van der Waals surface area contributed by atoms with E-state index < -0.39 is 17.8 Å². The Labute approximate surface area is 93.5 Å². The second-order valence-corrected chi connectivity index (χ2v) is 4.00. The molecule has 0 aliphatic rings. The van der Waals surface area contributed by atoms with Crippen molar-refractivity contribution in [1.29, 1.82) is 0 Å². The van der Waals surface area contributed by atoms with Gasteiger partial charge in [-0.3, -0.25) is 0 Å². The first-order valence-corrected chi connectivity index (χ1v) is 5.29. The van der Waals surface area contributed by atoms with E-state index in [1.54, 1.807) is 6.07 Å². The highest BCUT2D eigenvalue weighted by atomic mass is 19.4. The third-order valence-electron chi connectivity index (χ3n) is 2.88. The molecular formula is C12H16F3N. The summed E-state index contributed by atoms with van der Waals surface area (Å²) in [5, 5.41) is 0. The Morgan fingerprint density at radius 1 is 1.25 bits per heavy atom. The Balaban J connectivity index is 3.13. The molecule has 0 saturated heterocycles. The zero-order valence-electron chi connectivity index (χ0n) is 9.38. The average molecular weight is 231 g/mol. The van der Waals surface area contributed by atoms with Crippen molar-refractivity contribution in [2.75, 3.05) is 0 Å². The fourth-order valence-electron chi connectivity index (χ4n) is 1.61. The molecule has 0 amide bonds. The van der Waals surface area contributed by atoms with Crippen LogP contribution in [0.25, 0.3) is 0 Å². The van der Waals surface area contributed by atoms with Gasteiger partial charge in [-0.15, -0.1) is 0 Å². The van der Waals surface area contributed by atoms with Crippen LogP contribution in [0.1, 0.15) is 37.4 Å². The van der Waals surface area contributed by atoms with Gasteiger partial charge in [-0.25, -0.2) is 0 Å². The van der Waals surface area contributed by atoms with Crippen LogP contribution in [0.3, 0.4) is 0 Å². The monoisotopic (exact) mass is 231 g/mol. The molecule has 4 heteroatoms. The number of nitrogens with two attached hydrogens (primary N) is 1. The van der Waals surface area contributed by atoms with Gasteiger partial charge < -0.3 is 5.73 Å². The second-order valence-electron chi connectivity index (χ2n) is 4.00. The maximum Gasteiger partial charge on any atom is 0.416 e. The van der Waals surface area contributed by atoms with Crippen LogP contribution in [0.15, 0.2) is 24.3 Å². The minimum Gasteiger partial charge on any atom is -0.324 e. The average Bonchev–Trinajstić information content (AvgIpc) is 2.26. The molecule has 2 atom stereocenters. The van der Waals surface area contributed by atoms with Crippen molar-refractivity contribution < 1.29 is 13.2 Å². The molecule has 0 aliphatic heterocycles. The van der Waals surface area contributed by atoms with E-state index in [4.69, 9.17) is 5.73 Å². The van der Waals surface area contributed by atoms with Crippen molar-refractivity contribution in [1.82, 2.24) is 0 Å². The molecule has 16 heavy (non-hydrogen) atoms. The van der Waals surface area contributed by atoms with Crippen molar-refractivity contribution >= 4 is 0 Å². The Hall–Kier alpha value is -1.03. The smallest absolute Gasteiger partial charge is 0.324 e. The van der Waals surface area contributed by atoms with Crippen LogP contribution in [-0.4, -0.2) is 0 Å².